The Morgan fingerprint density at radius 3 is 2.78 bits per heavy atom. The molecule has 32 heavy (non-hydrogen) atoms. The third kappa shape index (κ3) is 4.55. The molecule has 0 atom stereocenters. The molecule has 8 heteroatoms. The molecule has 1 aliphatic rings. The summed E-state index contributed by atoms with van der Waals surface area (Å²) in [6.07, 6.45) is 9.04. The van der Waals surface area contributed by atoms with E-state index in [1.165, 1.54) is 0 Å². The monoisotopic (exact) mass is 428 g/mol. The van der Waals surface area contributed by atoms with Crippen LogP contribution in [0.3, 0.4) is 0 Å². The maximum absolute atomic E-state index is 6.28. The first kappa shape index (κ1) is 20.0. The Kier molecular flexibility index (Phi) is 5.67. The second-order valence-corrected chi connectivity index (χ2v) is 7.59. The smallest absolute Gasteiger partial charge is 0.227 e. The Labute approximate surface area is 186 Å². The summed E-state index contributed by atoms with van der Waals surface area (Å²) in [4.78, 5) is 13.1. The Balaban J connectivity index is 1.33. The van der Waals surface area contributed by atoms with Gasteiger partial charge in [-0.3, -0.25) is 0 Å². The number of aromatic nitrogens is 4. The van der Waals surface area contributed by atoms with Gasteiger partial charge in [0.15, 0.2) is 0 Å². The first-order chi connectivity index (χ1) is 15.7. The molecule has 0 bridgehead atoms. The van der Waals surface area contributed by atoms with Crippen LogP contribution in [0.2, 0.25) is 0 Å². The van der Waals surface area contributed by atoms with Gasteiger partial charge in [0, 0.05) is 48.4 Å². The number of anilines is 3. The Morgan fingerprint density at radius 1 is 1.06 bits per heavy atom. The number of imidazole rings is 1. The van der Waals surface area contributed by atoms with Crippen molar-refractivity contribution in [1.29, 1.82) is 0 Å². The maximum atomic E-state index is 6.28. The third-order valence-corrected chi connectivity index (χ3v) is 5.33. The van der Waals surface area contributed by atoms with Gasteiger partial charge in [-0.25, -0.2) is 15.0 Å². The van der Waals surface area contributed by atoms with Gasteiger partial charge >= 0.3 is 0 Å². The highest BCUT2D eigenvalue weighted by Gasteiger charge is 2.17. The maximum Gasteiger partial charge on any atom is 0.227 e. The second kappa shape index (κ2) is 9.07. The normalized spacial score (nSPS) is 14.2. The first-order valence-electron chi connectivity index (χ1n) is 10.6. The number of nitrogens with two attached hydrogens (primary N) is 1. The van der Waals surface area contributed by atoms with E-state index in [9.17, 15) is 0 Å². The third-order valence-electron chi connectivity index (χ3n) is 5.33. The summed E-state index contributed by atoms with van der Waals surface area (Å²) >= 11 is 0. The lowest BCUT2D eigenvalue weighted by Gasteiger charge is -2.24. The average Bonchev–Trinajstić information content (AvgIpc) is 3.37. The van der Waals surface area contributed by atoms with Crippen molar-refractivity contribution >= 4 is 17.3 Å². The number of nitrogens with one attached hydrogen (secondary N) is 1. The molecule has 8 nitrogen and oxygen atoms in total. The number of hydrogen-bond donors (Lipinski definition) is 2. The van der Waals surface area contributed by atoms with Crippen LogP contribution in [0.5, 0.6) is 5.75 Å². The lowest BCUT2D eigenvalue weighted by atomic mass is 10.1. The van der Waals surface area contributed by atoms with E-state index in [0.717, 1.165) is 48.7 Å². The SMILES string of the molecule is Nc1cc(-c2ccnc(Nc3cccc(-n4ccnc4)c3)n2)ccc1OC1CCOCC1. The fraction of sp³-hybridized carbons (Fsp3) is 0.208. The van der Waals surface area contributed by atoms with Gasteiger partial charge in [-0.05, 0) is 42.5 Å². The van der Waals surface area contributed by atoms with Crippen molar-refractivity contribution in [2.75, 3.05) is 24.3 Å². The molecule has 1 fully saturated rings. The molecule has 0 radical (unpaired) electrons. The fourth-order valence-corrected chi connectivity index (χ4v) is 3.65. The summed E-state index contributed by atoms with van der Waals surface area (Å²) in [6.45, 7) is 1.45. The molecule has 0 saturated carbocycles. The molecule has 5 rings (SSSR count). The predicted octanol–water partition coefficient (Wildman–Crippen LogP) is 4.21. The standard InChI is InChI=1S/C24H24N6O2/c25-21-14-17(4-5-23(21)32-20-7-12-31-13-8-20)22-6-9-27-24(29-22)28-18-2-1-3-19(15-18)30-11-10-26-16-30/h1-6,9-11,14-16,20H,7-8,12-13,25H2,(H,27,28,29). The van der Waals surface area contributed by atoms with E-state index in [-0.39, 0.29) is 6.10 Å². The van der Waals surface area contributed by atoms with Crippen LogP contribution in [-0.4, -0.2) is 38.8 Å². The molecular formula is C24H24N6O2. The molecule has 0 amide bonds. The summed E-state index contributed by atoms with van der Waals surface area (Å²) in [5, 5.41) is 3.27. The molecule has 3 N–H and O–H groups in total. The van der Waals surface area contributed by atoms with Crippen molar-refractivity contribution in [3.8, 4) is 22.7 Å². The van der Waals surface area contributed by atoms with E-state index >= 15 is 0 Å². The highest BCUT2D eigenvalue weighted by atomic mass is 16.5. The topological polar surface area (TPSA) is 100 Å². The van der Waals surface area contributed by atoms with E-state index in [1.54, 1.807) is 18.7 Å². The highest BCUT2D eigenvalue weighted by Crippen LogP contribution is 2.30. The number of hydrogen-bond acceptors (Lipinski definition) is 7. The quantitative estimate of drug-likeness (QED) is 0.444. The molecule has 2 aromatic carbocycles. The van der Waals surface area contributed by atoms with Gasteiger partial charge in [-0.15, -0.1) is 0 Å². The number of rotatable bonds is 6. The minimum atomic E-state index is 0.143. The van der Waals surface area contributed by atoms with Crippen molar-refractivity contribution in [2.45, 2.75) is 18.9 Å². The van der Waals surface area contributed by atoms with E-state index < -0.39 is 0 Å². The van der Waals surface area contributed by atoms with Crippen LogP contribution in [0.15, 0.2) is 73.4 Å². The van der Waals surface area contributed by atoms with Gasteiger partial charge in [-0.1, -0.05) is 6.07 Å². The number of benzene rings is 2. The molecule has 0 unspecified atom stereocenters. The van der Waals surface area contributed by atoms with Gasteiger partial charge in [0.05, 0.1) is 30.9 Å². The summed E-state index contributed by atoms with van der Waals surface area (Å²) in [5.74, 6) is 1.20. The molecule has 3 heterocycles. The van der Waals surface area contributed by atoms with Gasteiger partial charge < -0.3 is 25.1 Å². The lowest BCUT2D eigenvalue weighted by molar-refractivity contribution is 0.0259. The number of ether oxygens (including phenoxy) is 2. The van der Waals surface area contributed by atoms with Gasteiger partial charge in [0.2, 0.25) is 5.95 Å². The van der Waals surface area contributed by atoms with Gasteiger partial charge in [0.1, 0.15) is 11.9 Å². The fourth-order valence-electron chi connectivity index (χ4n) is 3.65. The van der Waals surface area contributed by atoms with Crippen molar-refractivity contribution < 1.29 is 9.47 Å². The molecule has 162 valence electrons. The van der Waals surface area contributed by atoms with Crippen LogP contribution in [0, 0.1) is 0 Å². The molecule has 4 aromatic rings. The first-order valence-corrected chi connectivity index (χ1v) is 10.6. The second-order valence-electron chi connectivity index (χ2n) is 7.59. The van der Waals surface area contributed by atoms with Gasteiger partial charge in [-0.2, -0.15) is 0 Å². The average molecular weight is 428 g/mol. The lowest BCUT2D eigenvalue weighted by Crippen LogP contribution is -2.26. The highest BCUT2D eigenvalue weighted by molar-refractivity contribution is 5.69. The van der Waals surface area contributed by atoms with Crippen LogP contribution < -0.4 is 15.8 Å². The zero-order valence-electron chi connectivity index (χ0n) is 17.5. The molecule has 0 aliphatic carbocycles. The van der Waals surface area contributed by atoms with Crippen molar-refractivity contribution in [3.05, 3.63) is 73.4 Å². The largest absolute Gasteiger partial charge is 0.488 e. The summed E-state index contributed by atoms with van der Waals surface area (Å²) in [6, 6.07) is 15.6. The molecule has 0 spiro atoms. The van der Waals surface area contributed by atoms with E-state index in [2.05, 4.69) is 20.3 Å². The van der Waals surface area contributed by atoms with Crippen molar-refractivity contribution in [1.82, 2.24) is 19.5 Å². The minimum absolute atomic E-state index is 0.143. The Morgan fingerprint density at radius 2 is 1.97 bits per heavy atom. The van der Waals surface area contributed by atoms with Crippen LogP contribution in [-0.2, 0) is 4.74 Å². The zero-order chi connectivity index (χ0) is 21.8. The summed E-state index contributed by atoms with van der Waals surface area (Å²) < 4.78 is 13.4. The van der Waals surface area contributed by atoms with E-state index in [0.29, 0.717) is 17.4 Å². The molecule has 1 aliphatic heterocycles. The van der Waals surface area contributed by atoms with Crippen LogP contribution in [0.1, 0.15) is 12.8 Å². The number of nitrogens with zero attached hydrogens (tertiary/aromatic N) is 4. The summed E-state index contributed by atoms with van der Waals surface area (Å²) in [5.41, 5.74) is 10.4. The minimum Gasteiger partial charge on any atom is -0.488 e. The van der Waals surface area contributed by atoms with Crippen molar-refractivity contribution in [3.63, 3.8) is 0 Å². The molecular weight excluding hydrogens is 404 g/mol. The zero-order valence-corrected chi connectivity index (χ0v) is 17.5. The predicted molar refractivity (Wildman–Crippen MR) is 123 cm³/mol. The van der Waals surface area contributed by atoms with Crippen LogP contribution in [0.4, 0.5) is 17.3 Å². The Hall–Kier alpha value is -3.91. The van der Waals surface area contributed by atoms with Crippen LogP contribution in [0.25, 0.3) is 16.9 Å². The Bertz CT molecular complexity index is 1190. The number of nitrogen functional groups attached to an aromatic ring is 1. The van der Waals surface area contributed by atoms with Crippen LogP contribution >= 0.6 is 0 Å². The van der Waals surface area contributed by atoms with E-state index in [4.69, 9.17) is 15.2 Å². The van der Waals surface area contributed by atoms with Crippen molar-refractivity contribution in [2.24, 2.45) is 0 Å². The van der Waals surface area contributed by atoms with E-state index in [1.807, 2.05) is 59.3 Å². The van der Waals surface area contributed by atoms with Gasteiger partial charge in [0.25, 0.3) is 0 Å². The molecule has 1 saturated heterocycles. The molecule has 2 aromatic heterocycles. The summed E-state index contributed by atoms with van der Waals surface area (Å²) in [7, 11) is 0.